The van der Waals surface area contributed by atoms with Crippen LogP contribution in [0.3, 0.4) is 0 Å². The van der Waals surface area contributed by atoms with Crippen LogP contribution >= 0.6 is 51.1 Å². The maximum Gasteiger partial charge on any atom is 0.412 e. The summed E-state index contributed by atoms with van der Waals surface area (Å²) in [4.78, 5) is 24.1. The van der Waals surface area contributed by atoms with E-state index in [1.165, 1.54) is 6.07 Å². The second-order valence-corrected chi connectivity index (χ2v) is 8.80. The topological polar surface area (TPSA) is 94.1 Å². The molecule has 2 aromatic rings. The fraction of sp³-hybridized carbons (Fsp3) is 0.333. The number of amides is 1. The summed E-state index contributed by atoms with van der Waals surface area (Å²) < 4.78 is 18.3. The zero-order valence-corrected chi connectivity index (χ0v) is 21.4. The number of hydrogen-bond acceptors (Lipinski definition) is 7. The minimum atomic E-state index is -0.931. The number of esters is 1. The minimum absolute atomic E-state index is 0.0288. The summed E-state index contributed by atoms with van der Waals surface area (Å²) in [7, 11) is 0. The van der Waals surface area contributed by atoms with Crippen LogP contribution in [0, 0.1) is 3.57 Å². The fourth-order valence-corrected chi connectivity index (χ4v) is 3.63. The highest BCUT2D eigenvalue weighted by Crippen LogP contribution is 2.34. The third-order valence-electron chi connectivity index (χ3n) is 4.13. The Balaban J connectivity index is 2.24. The van der Waals surface area contributed by atoms with Crippen molar-refractivity contribution in [3.05, 3.63) is 56.1 Å². The highest BCUT2D eigenvalue weighted by Gasteiger charge is 2.30. The number of halogens is 2. The molecule has 1 amide bonds. The number of anilines is 1. The molecule has 0 bridgehead atoms. The van der Waals surface area contributed by atoms with Gasteiger partial charge in [-0.15, -0.1) is 0 Å². The number of rotatable bonds is 10. The van der Waals surface area contributed by atoms with Crippen molar-refractivity contribution in [3.8, 4) is 5.75 Å². The number of benzene rings is 2. The molecule has 2 N–H and O–H groups in total. The number of hydrogen-bond donors (Lipinski definition) is 3. The number of thiol groups is 1. The number of carbonyl (C=O) groups excluding carboxylic acids is 2. The molecule has 31 heavy (non-hydrogen) atoms. The van der Waals surface area contributed by atoms with Gasteiger partial charge in [-0.2, -0.15) is 12.6 Å². The molecule has 0 unspecified atom stereocenters. The second kappa shape index (κ2) is 13.1. The van der Waals surface area contributed by atoms with Gasteiger partial charge >= 0.3 is 12.1 Å². The summed E-state index contributed by atoms with van der Waals surface area (Å²) in [6.07, 6.45) is -2.03. The summed E-state index contributed by atoms with van der Waals surface area (Å²) in [6.45, 7) is 2.20. The molecule has 2 rings (SSSR count). The normalized spacial score (nSPS) is 12.6. The average molecular weight is 624 g/mol. The molecule has 0 aliphatic carbocycles. The van der Waals surface area contributed by atoms with Crippen molar-refractivity contribution in [3.63, 3.8) is 0 Å². The van der Waals surface area contributed by atoms with Crippen molar-refractivity contribution in [1.82, 2.24) is 0 Å². The summed E-state index contributed by atoms with van der Waals surface area (Å²) >= 11 is 9.33. The molecular formula is C21H23BrINO6S. The van der Waals surface area contributed by atoms with Crippen LogP contribution in [0.5, 0.6) is 5.75 Å². The molecule has 2 atom stereocenters. The van der Waals surface area contributed by atoms with Gasteiger partial charge in [-0.1, -0.05) is 15.9 Å². The molecular weight excluding hydrogens is 601 g/mol. The first-order valence-corrected chi connectivity index (χ1v) is 11.9. The number of phenolic OH excluding ortho intramolecular Hbond substituents is 1. The average Bonchev–Trinajstić information content (AvgIpc) is 2.75. The summed E-state index contributed by atoms with van der Waals surface area (Å²) in [5.41, 5.74) is 0.950. The van der Waals surface area contributed by atoms with E-state index in [0.29, 0.717) is 17.9 Å². The predicted octanol–water partition coefficient (Wildman–Crippen LogP) is 5.32. The van der Waals surface area contributed by atoms with E-state index in [2.05, 4.69) is 56.5 Å². The molecule has 2 aromatic carbocycles. The van der Waals surface area contributed by atoms with Gasteiger partial charge in [0.15, 0.2) is 6.10 Å². The third-order valence-corrected chi connectivity index (χ3v) is 5.59. The van der Waals surface area contributed by atoms with Crippen LogP contribution in [0.15, 0.2) is 46.9 Å². The number of nitrogens with one attached hydrogen (secondary N) is 1. The van der Waals surface area contributed by atoms with Crippen molar-refractivity contribution in [2.75, 3.05) is 24.3 Å². The van der Waals surface area contributed by atoms with Crippen molar-refractivity contribution >= 4 is 68.9 Å². The van der Waals surface area contributed by atoms with Crippen LogP contribution in [0.2, 0.25) is 0 Å². The van der Waals surface area contributed by atoms with E-state index >= 15 is 0 Å². The van der Waals surface area contributed by atoms with E-state index in [-0.39, 0.29) is 24.5 Å². The molecule has 0 heterocycles. The molecule has 0 aliphatic rings. The van der Waals surface area contributed by atoms with Gasteiger partial charge in [0.1, 0.15) is 11.9 Å². The molecule has 0 saturated heterocycles. The van der Waals surface area contributed by atoms with Crippen molar-refractivity contribution in [1.29, 1.82) is 0 Å². The molecule has 0 aromatic heterocycles. The Morgan fingerprint density at radius 1 is 1.23 bits per heavy atom. The first kappa shape index (κ1) is 25.8. The van der Waals surface area contributed by atoms with Gasteiger partial charge in [0, 0.05) is 32.3 Å². The lowest BCUT2D eigenvalue weighted by Crippen LogP contribution is -2.30. The van der Waals surface area contributed by atoms with Crippen LogP contribution in [-0.2, 0) is 19.0 Å². The lowest BCUT2D eigenvalue weighted by Gasteiger charge is -2.28. The van der Waals surface area contributed by atoms with E-state index in [1.54, 1.807) is 43.3 Å². The van der Waals surface area contributed by atoms with Gasteiger partial charge < -0.3 is 19.3 Å². The Labute approximate surface area is 208 Å². The number of aromatic hydroxyl groups is 1. The number of carbonyl (C=O) groups is 2. The monoisotopic (exact) mass is 623 g/mol. The number of ether oxygens (including phenoxy) is 3. The van der Waals surface area contributed by atoms with Crippen LogP contribution in [0.25, 0.3) is 0 Å². The van der Waals surface area contributed by atoms with Gasteiger partial charge in [-0.25, -0.2) is 4.79 Å². The Morgan fingerprint density at radius 3 is 2.58 bits per heavy atom. The zero-order valence-electron chi connectivity index (χ0n) is 16.7. The Kier molecular flexibility index (Phi) is 10.9. The highest BCUT2D eigenvalue weighted by atomic mass is 127. The first-order chi connectivity index (χ1) is 14.8. The molecule has 0 radical (unpaired) electrons. The maximum absolute atomic E-state index is 12.6. The van der Waals surface area contributed by atoms with Gasteiger partial charge in [0.05, 0.1) is 12.4 Å². The lowest BCUT2D eigenvalue weighted by atomic mass is 10.0. The van der Waals surface area contributed by atoms with Gasteiger partial charge in [-0.05, 0) is 72.0 Å². The molecule has 0 saturated carbocycles. The van der Waals surface area contributed by atoms with E-state index < -0.39 is 24.3 Å². The lowest BCUT2D eigenvalue weighted by molar-refractivity contribution is -0.142. The smallest absolute Gasteiger partial charge is 0.412 e. The van der Waals surface area contributed by atoms with E-state index in [4.69, 9.17) is 14.2 Å². The number of phenols is 1. The fourth-order valence-electron chi connectivity index (χ4n) is 2.76. The second-order valence-electron chi connectivity index (χ2n) is 6.32. The molecule has 7 nitrogen and oxygen atoms in total. The van der Waals surface area contributed by atoms with Crippen molar-refractivity contribution in [2.24, 2.45) is 0 Å². The first-order valence-electron chi connectivity index (χ1n) is 9.43. The van der Waals surface area contributed by atoms with Crippen molar-refractivity contribution in [2.45, 2.75) is 25.6 Å². The molecule has 10 heteroatoms. The van der Waals surface area contributed by atoms with Gasteiger partial charge in [0.25, 0.3) is 0 Å². The Morgan fingerprint density at radius 2 is 1.94 bits per heavy atom. The van der Waals surface area contributed by atoms with Crippen LogP contribution < -0.4 is 5.32 Å². The SMILES string of the molecule is CCO[C@@H](CCOC(=O)CS)[C@@H](OC(=O)Nc1ccc(Br)cc1)c1cc(I)ccc1O. The highest BCUT2D eigenvalue weighted by molar-refractivity contribution is 14.1. The van der Waals surface area contributed by atoms with Crippen molar-refractivity contribution < 1.29 is 28.9 Å². The predicted molar refractivity (Wildman–Crippen MR) is 133 cm³/mol. The molecule has 168 valence electrons. The summed E-state index contributed by atoms with van der Waals surface area (Å²) in [5, 5.41) is 13.1. The Bertz CT molecular complexity index is 883. The van der Waals surface area contributed by atoms with Crippen LogP contribution in [0.4, 0.5) is 10.5 Å². The van der Waals surface area contributed by atoms with E-state index in [9.17, 15) is 14.7 Å². The van der Waals surface area contributed by atoms with Crippen LogP contribution in [0.1, 0.15) is 25.0 Å². The molecule has 0 spiro atoms. The maximum atomic E-state index is 12.6. The van der Waals surface area contributed by atoms with Gasteiger partial charge in [-0.3, -0.25) is 10.1 Å². The third kappa shape index (κ3) is 8.51. The Hall–Kier alpha value is -1.50. The van der Waals surface area contributed by atoms with E-state index in [1.807, 2.05) is 0 Å². The largest absolute Gasteiger partial charge is 0.508 e. The van der Waals surface area contributed by atoms with Gasteiger partial charge in [0.2, 0.25) is 0 Å². The van der Waals surface area contributed by atoms with E-state index in [0.717, 1.165) is 8.04 Å². The molecule has 0 aliphatic heterocycles. The van der Waals surface area contributed by atoms with Crippen LogP contribution in [-0.4, -0.2) is 42.2 Å². The summed E-state index contributed by atoms with van der Waals surface area (Å²) in [6, 6.07) is 12.0. The summed E-state index contributed by atoms with van der Waals surface area (Å²) in [5.74, 6) is -0.521. The molecule has 0 fully saturated rings. The quantitative estimate of drug-likeness (QED) is 0.189. The minimum Gasteiger partial charge on any atom is -0.508 e. The standard InChI is InChI=1S/C21H23BrINO6S/c1-2-28-18(9-10-29-19(26)12-31)20(16-11-14(23)5-8-17(16)25)30-21(27)24-15-6-3-13(22)4-7-15/h3-8,11,18,20,25,31H,2,9-10,12H2,1H3,(H,24,27)/t18-,20-/m0/s1. The zero-order chi connectivity index (χ0) is 22.8.